The van der Waals surface area contributed by atoms with Crippen LogP contribution in [0.3, 0.4) is 0 Å². The molecule has 2 N–H and O–H groups in total. The monoisotopic (exact) mass is 466 g/mol. The minimum Gasteiger partial charge on any atom is -0.481 e. The number of hydrogen-bond donors (Lipinski definition) is 2. The van der Waals surface area contributed by atoms with E-state index < -0.39 is 18.2 Å². The average Bonchev–Trinajstić information content (AvgIpc) is 3.62. The molecule has 1 saturated carbocycles. The summed E-state index contributed by atoms with van der Waals surface area (Å²) in [6.07, 6.45) is 0.629. The normalized spacial score (nSPS) is 15.2. The van der Waals surface area contributed by atoms with Gasteiger partial charge in [-0.25, -0.2) is 4.79 Å². The summed E-state index contributed by atoms with van der Waals surface area (Å²) in [5.41, 5.74) is 4.61. The molecule has 2 aliphatic rings. The van der Waals surface area contributed by atoms with Crippen molar-refractivity contribution >= 4 is 18.0 Å². The molecule has 8 heteroatoms. The van der Waals surface area contributed by atoms with Crippen molar-refractivity contribution < 1.29 is 29.0 Å². The molecule has 1 unspecified atom stereocenters. The van der Waals surface area contributed by atoms with Crippen LogP contribution in [0.15, 0.2) is 48.5 Å². The Kier molecular flexibility index (Phi) is 7.47. The van der Waals surface area contributed by atoms with Crippen molar-refractivity contribution in [1.29, 1.82) is 0 Å². The standard InChI is InChI=1S/C26H30N2O6/c1-33-23(25(31)28(17-10-11-17)15-13-24(29)30)12-14-27-26(32)34-16-22-20-8-4-2-6-18(20)19-7-3-5-9-21(19)22/h2-9,17,22-23H,10-16H2,1H3,(H,27,32)(H,29,30). The van der Waals surface area contributed by atoms with E-state index in [0.29, 0.717) is 0 Å². The van der Waals surface area contributed by atoms with Gasteiger partial charge in [-0.3, -0.25) is 9.59 Å². The molecule has 8 nitrogen and oxygen atoms in total. The van der Waals surface area contributed by atoms with Crippen LogP contribution in [0.4, 0.5) is 4.79 Å². The maximum Gasteiger partial charge on any atom is 0.407 e. The van der Waals surface area contributed by atoms with E-state index >= 15 is 0 Å². The highest BCUT2D eigenvalue weighted by Gasteiger charge is 2.36. The van der Waals surface area contributed by atoms with Crippen LogP contribution in [0.5, 0.6) is 0 Å². The van der Waals surface area contributed by atoms with Crippen LogP contribution in [0.2, 0.25) is 0 Å². The van der Waals surface area contributed by atoms with Gasteiger partial charge in [0.1, 0.15) is 12.7 Å². The first-order chi connectivity index (χ1) is 16.5. The Morgan fingerprint density at radius 2 is 1.68 bits per heavy atom. The van der Waals surface area contributed by atoms with Crippen molar-refractivity contribution in [2.24, 2.45) is 0 Å². The molecule has 0 bridgehead atoms. The number of rotatable bonds is 11. The van der Waals surface area contributed by atoms with Crippen LogP contribution in [0.25, 0.3) is 11.1 Å². The summed E-state index contributed by atoms with van der Waals surface area (Å²) < 4.78 is 10.9. The minimum absolute atomic E-state index is 0.0206. The number of alkyl carbamates (subject to hydrolysis) is 1. The second kappa shape index (κ2) is 10.7. The third kappa shape index (κ3) is 5.39. The van der Waals surface area contributed by atoms with E-state index in [2.05, 4.69) is 29.6 Å². The summed E-state index contributed by atoms with van der Waals surface area (Å²) in [6, 6.07) is 16.4. The molecule has 0 aromatic heterocycles. The van der Waals surface area contributed by atoms with Gasteiger partial charge in [0.05, 0.1) is 6.42 Å². The number of ether oxygens (including phenoxy) is 2. The van der Waals surface area contributed by atoms with Gasteiger partial charge in [-0.2, -0.15) is 0 Å². The Labute approximate surface area is 198 Å². The summed E-state index contributed by atoms with van der Waals surface area (Å²) >= 11 is 0. The fourth-order valence-corrected chi connectivity index (χ4v) is 4.56. The van der Waals surface area contributed by atoms with E-state index in [4.69, 9.17) is 14.6 Å². The predicted octanol–water partition coefficient (Wildman–Crippen LogP) is 3.40. The van der Waals surface area contributed by atoms with E-state index in [-0.39, 0.29) is 50.4 Å². The molecular formula is C26H30N2O6. The first-order valence-corrected chi connectivity index (χ1v) is 11.6. The van der Waals surface area contributed by atoms with Gasteiger partial charge in [0, 0.05) is 38.6 Å². The summed E-state index contributed by atoms with van der Waals surface area (Å²) in [5.74, 6) is -1.20. The molecule has 34 heavy (non-hydrogen) atoms. The van der Waals surface area contributed by atoms with Gasteiger partial charge in [-0.1, -0.05) is 48.5 Å². The topological polar surface area (TPSA) is 105 Å². The number of carboxylic acids is 1. The van der Waals surface area contributed by atoms with Crippen molar-refractivity contribution in [3.8, 4) is 11.1 Å². The van der Waals surface area contributed by atoms with Crippen molar-refractivity contribution in [3.05, 3.63) is 59.7 Å². The summed E-state index contributed by atoms with van der Waals surface area (Å²) in [7, 11) is 1.44. The average molecular weight is 467 g/mol. The number of methoxy groups -OCH3 is 1. The molecule has 0 radical (unpaired) electrons. The number of nitrogens with one attached hydrogen (secondary N) is 1. The third-order valence-electron chi connectivity index (χ3n) is 6.42. The maximum atomic E-state index is 12.8. The van der Waals surface area contributed by atoms with Gasteiger partial charge in [-0.15, -0.1) is 0 Å². The molecule has 4 rings (SSSR count). The quantitative estimate of drug-likeness (QED) is 0.526. The van der Waals surface area contributed by atoms with Crippen LogP contribution in [-0.2, 0) is 19.1 Å². The Balaban J connectivity index is 1.27. The lowest BCUT2D eigenvalue weighted by atomic mass is 9.98. The first kappa shape index (κ1) is 23.8. The number of carboxylic acid groups (broad SMARTS) is 1. The molecule has 2 aromatic rings. The molecule has 1 fully saturated rings. The van der Waals surface area contributed by atoms with Crippen molar-refractivity contribution in [3.63, 3.8) is 0 Å². The molecule has 2 aromatic carbocycles. The second-order valence-corrected chi connectivity index (χ2v) is 8.67. The Hall–Kier alpha value is -3.39. The largest absolute Gasteiger partial charge is 0.481 e. The van der Waals surface area contributed by atoms with Crippen LogP contribution in [0.1, 0.15) is 42.7 Å². The van der Waals surface area contributed by atoms with Crippen molar-refractivity contribution in [2.75, 3.05) is 26.8 Å². The second-order valence-electron chi connectivity index (χ2n) is 8.67. The van der Waals surface area contributed by atoms with Crippen LogP contribution >= 0.6 is 0 Å². The third-order valence-corrected chi connectivity index (χ3v) is 6.42. The number of hydrogen-bond acceptors (Lipinski definition) is 5. The van der Waals surface area contributed by atoms with Gasteiger partial charge < -0.3 is 24.8 Å². The van der Waals surface area contributed by atoms with E-state index in [1.807, 2.05) is 24.3 Å². The zero-order valence-corrected chi connectivity index (χ0v) is 19.2. The summed E-state index contributed by atoms with van der Waals surface area (Å²) in [4.78, 5) is 37.7. The molecule has 1 atom stereocenters. The lowest BCUT2D eigenvalue weighted by molar-refractivity contribution is -0.144. The SMILES string of the molecule is COC(CCNC(=O)OCC1c2ccccc2-c2ccccc21)C(=O)N(CCC(=O)O)C1CC1. The van der Waals surface area contributed by atoms with E-state index in [1.165, 1.54) is 7.11 Å². The number of amides is 2. The van der Waals surface area contributed by atoms with Gasteiger partial charge in [-0.05, 0) is 35.1 Å². The zero-order chi connectivity index (χ0) is 24.1. The fraction of sp³-hybridized carbons (Fsp3) is 0.423. The van der Waals surface area contributed by atoms with Crippen LogP contribution in [-0.4, -0.2) is 66.9 Å². The number of carbonyl (C=O) groups excluding carboxylic acids is 2. The number of benzene rings is 2. The first-order valence-electron chi connectivity index (χ1n) is 11.6. The van der Waals surface area contributed by atoms with Crippen molar-refractivity contribution in [2.45, 2.75) is 43.7 Å². The maximum absolute atomic E-state index is 12.8. The Bertz CT molecular complexity index is 1010. The molecule has 0 heterocycles. The summed E-state index contributed by atoms with van der Waals surface area (Å²) in [5, 5.41) is 11.7. The predicted molar refractivity (Wildman–Crippen MR) is 125 cm³/mol. The Morgan fingerprint density at radius 1 is 1.06 bits per heavy atom. The molecule has 0 aliphatic heterocycles. The Morgan fingerprint density at radius 3 is 2.24 bits per heavy atom. The number of aliphatic carboxylic acids is 1. The van der Waals surface area contributed by atoms with E-state index in [0.717, 1.165) is 35.1 Å². The van der Waals surface area contributed by atoms with E-state index in [9.17, 15) is 14.4 Å². The molecule has 180 valence electrons. The summed E-state index contributed by atoms with van der Waals surface area (Å²) in [6.45, 7) is 0.591. The van der Waals surface area contributed by atoms with Gasteiger partial charge in [0.15, 0.2) is 0 Å². The highest BCUT2D eigenvalue weighted by molar-refractivity contribution is 5.82. The smallest absolute Gasteiger partial charge is 0.407 e. The van der Waals surface area contributed by atoms with Gasteiger partial charge in [0.25, 0.3) is 5.91 Å². The number of nitrogens with zero attached hydrogens (tertiary/aromatic N) is 1. The lowest BCUT2D eigenvalue weighted by Gasteiger charge is -2.26. The van der Waals surface area contributed by atoms with Crippen LogP contribution < -0.4 is 5.32 Å². The van der Waals surface area contributed by atoms with Crippen molar-refractivity contribution in [1.82, 2.24) is 10.2 Å². The lowest BCUT2D eigenvalue weighted by Crippen LogP contribution is -2.44. The highest BCUT2D eigenvalue weighted by Crippen LogP contribution is 2.44. The van der Waals surface area contributed by atoms with Gasteiger partial charge >= 0.3 is 12.1 Å². The molecule has 0 spiro atoms. The number of carbonyl (C=O) groups is 3. The fourth-order valence-electron chi connectivity index (χ4n) is 4.56. The molecule has 0 saturated heterocycles. The number of fused-ring (bicyclic) bond motifs is 3. The minimum atomic E-state index is -0.940. The van der Waals surface area contributed by atoms with Crippen LogP contribution in [0, 0.1) is 0 Å². The van der Waals surface area contributed by atoms with E-state index in [1.54, 1.807) is 4.90 Å². The molecule has 2 aliphatic carbocycles. The molecular weight excluding hydrogens is 436 g/mol. The zero-order valence-electron chi connectivity index (χ0n) is 19.2. The molecule has 2 amide bonds. The van der Waals surface area contributed by atoms with Gasteiger partial charge in [0.2, 0.25) is 0 Å². The highest BCUT2D eigenvalue weighted by atomic mass is 16.5.